The van der Waals surface area contributed by atoms with Crippen molar-refractivity contribution in [2.75, 3.05) is 13.2 Å². The molecule has 0 aromatic carbocycles. The molecule has 112 valence electrons. The lowest BCUT2D eigenvalue weighted by Gasteiger charge is -2.21. The Labute approximate surface area is 117 Å². The molecule has 1 rings (SSSR count). The predicted molar refractivity (Wildman–Crippen MR) is 78.1 cm³/mol. The van der Waals surface area contributed by atoms with Gasteiger partial charge in [0.1, 0.15) is 0 Å². The second kappa shape index (κ2) is 10.1. The number of aliphatic hydroxyl groups is 1. The van der Waals surface area contributed by atoms with Crippen molar-refractivity contribution in [2.45, 2.75) is 70.8 Å². The zero-order valence-electron chi connectivity index (χ0n) is 12.3. The van der Waals surface area contributed by atoms with Crippen LogP contribution in [0.25, 0.3) is 0 Å². The van der Waals surface area contributed by atoms with Crippen LogP contribution in [0.1, 0.15) is 64.7 Å². The fourth-order valence-corrected chi connectivity index (χ4v) is 2.81. The Morgan fingerprint density at radius 1 is 1.26 bits per heavy atom. The van der Waals surface area contributed by atoms with Crippen LogP contribution < -0.4 is 10.6 Å². The van der Waals surface area contributed by atoms with Gasteiger partial charge in [0, 0.05) is 19.2 Å². The van der Waals surface area contributed by atoms with E-state index in [0.29, 0.717) is 0 Å². The van der Waals surface area contributed by atoms with Gasteiger partial charge in [0.05, 0.1) is 0 Å². The fraction of sp³-hybridized carbons (Fsp3) is 0.933. The van der Waals surface area contributed by atoms with Crippen molar-refractivity contribution in [3.63, 3.8) is 0 Å². The van der Waals surface area contributed by atoms with Crippen LogP contribution >= 0.6 is 0 Å². The van der Waals surface area contributed by atoms with E-state index < -0.39 is 0 Å². The summed E-state index contributed by atoms with van der Waals surface area (Å²) < 4.78 is 0. The molecule has 0 saturated heterocycles. The van der Waals surface area contributed by atoms with E-state index in [4.69, 9.17) is 5.11 Å². The molecule has 1 unspecified atom stereocenters. The summed E-state index contributed by atoms with van der Waals surface area (Å²) in [6.07, 6.45) is 10.8. The minimum Gasteiger partial charge on any atom is -0.396 e. The topological polar surface area (TPSA) is 61.4 Å². The van der Waals surface area contributed by atoms with E-state index in [0.717, 1.165) is 31.7 Å². The van der Waals surface area contributed by atoms with Crippen molar-refractivity contribution >= 4 is 6.03 Å². The largest absolute Gasteiger partial charge is 0.396 e. The van der Waals surface area contributed by atoms with Crippen molar-refractivity contribution in [2.24, 2.45) is 5.92 Å². The highest BCUT2D eigenvalue weighted by Gasteiger charge is 2.13. The van der Waals surface area contributed by atoms with Crippen LogP contribution in [0.15, 0.2) is 0 Å². The van der Waals surface area contributed by atoms with E-state index in [9.17, 15) is 4.79 Å². The first-order chi connectivity index (χ1) is 9.22. The first-order valence-electron chi connectivity index (χ1n) is 7.87. The molecule has 0 heterocycles. The standard InChI is InChI=1S/C15H30N2O2/c1-13(7-6-12-18)17-15(19)16-11-5-10-14-8-3-2-4-9-14/h13-14,18H,2-12H2,1H3,(H2,16,17,19). The zero-order valence-corrected chi connectivity index (χ0v) is 12.3. The number of carbonyl (C=O) groups is 1. The van der Waals surface area contributed by atoms with E-state index in [1.807, 2.05) is 6.92 Å². The first-order valence-corrected chi connectivity index (χ1v) is 7.87. The maximum atomic E-state index is 11.6. The molecule has 4 nitrogen and oxygen atoms in total. The molecule has 0 aromatic rings. The van der Waals surface area contributed by atoms with E-state index in [1.165, 1.54) is 38.5 Å². The number of urea groups is 1. The van der Waals surface area contributed by atoms with E-state index >= 15 is 0 Å². The Bertz CT molecular complexity index is 240. The molecule has 2 amide bonds. The molecule has 1 atom stereocenters. The highest BCUT2D eigenvalue weighted by atomic mass is 16.3. The molecule has 0 bridgehead atoms. The molecule has 0 aromatic heterocycles. The second-order valence-corrected chi connectivity index (χ2v) is 5.81. The summed E-state index contributed by atoms with van der Waals surface area (Å²) in [5.74, 6) is 0.891. The van der Waals surface area contributed by atoms with Crippen molar-refractivity contribution in [3.05, 3.63) is 0 Å². The third-order valence-corrected chi connectivity index (χ3v) is 3.97. The van der Waals surface area contributed by atoms with Gasteiger partial charge in [-0.15, -0.1) is 0 Å². The highest BCUT2D eigenvalue weighted by molar-refractivity contribution is 5.74. The van der Waals surface area contributed by atoms with Gasteiger partial charge >= 0.3 is 6.03 Å². The number of carbonyl (C=O) groups excluding carboxylic acids is 1. The monoisotopic (exact) mass is 270 g/mol. The van der Waals surface area contributed by atoms with Crippen LogP contribution in [0.5, 0.6) is 0 Å². The van der Waals surface area contributed by atoms with E-state index in [2.05, 4.69) is 10.6 Å². The maximum Gasteiger partial charge on any atom is 0.314 e. The van der Waals surface area contributed by atoms with Gasteiger partial charge < -0.3 is 15.7 Å². The summed E-state index contributed by atoms with van der Waals surface area (Å²) in [6, 6.07) is 0.0552. The molecule has 1 aliphatic carbocycles. The first kappa shape index (κ1) is 16.3. The lowest BCUT2D eigenvalue weighted by molar-refractivity contribution is 0.233. The zero-order chi connectivity index (χ0) is 13.9. The summed E-state index contributed by atoms with van der Waals surface area (Å²) >= 11 is 0. The van der Waals surface area contributed by atoms with Gasteiger partial charge in [-0.3, -0.25) is 0 Å². The Hall–Kier alpha value is -0.770. The number of hydrogen-bond donors (Lipinski definition) is 3. The smallest absolute Gasteiger partial charge is 0.314 e. The van der Waals surface area contributed by atoms with Gasteiger partial charge in [-0.05, 0) is 38.5 Å². The van der Waals surface area contributed by atoms with Gasteiger partial charge in [-0.2, -0.15) is 0 Å². The average molecular weight is 270 g/mol. The van der Waals surface area contributed by atoms with Gasteiger partial charge in [0.2, 0.25) is 0 Å². The lowest BCUT2D eigenvalue weighted by atomic mass is 9.86. The fourth-order valence-electron chi connectivity index (χ4n) is 2.81. The maximum absolute atomic E-state index is 11.6. The minimum atomic E-state index is -0.0749. The third-order valence-electron chi connectivity index (χ3n) is 3.97. The molecular formula is C15H30N2O2. The molecule has 3 N–H and O–H groups in total. The number of amides is 2. The summed E-state index contributed by atoms with van der Waals surface area (Å²) in [5.41, 5.74) is 0. The van der Waals surface area contributed by atoms with Crippen molar-refractivity contribution in [3.8, 4) is 0 Å². The van der Waals surface area contributed by atoms with Crippen LogP contribution in [-0.4, -0.2) is 30.3 Å². The molecule has 19 heavy (non-hydrogen) atoms. The van der Waals surface area contributed by atoms with Crippen LogP contribution in [0, 0.1) is 5.92 Å². The molecule has 1 aliphatic rings. The molecular weight excluding hydrogens is 240 g/mol. The summed E-state index contributed by atoms with van der Waals surface area (Å²) in [5, 5.41) is 14.5. The molecule has 0 radical (unpaired) electrons. The molecule has 4 heteroatoms. The van der Waals surface area contributed by atoms with Crippen LogP contribution in [0.4, 0.5) is 4.79 Å². The normalized spacial score (nSPS) is 18.0. The van der Waals surface area contributed by atoms with Gasteiger partial charge in [0.25, 0.3) is 0 Å². The Morgan fingerprint density at radius 2 is 2.00 bits per heavy atom. The Morgan fingerprint density at radius 3 is 2.68 bits per heavy atom. The number of rotatable bonds is 8. The summed E-state index contributed by atoms with van der Waals surface area (Å²) in [4.78, 5) is 11.6. The number of aliphatic hydroxyl groups excluding tert-OH is 1. The number of hydrogen-bond acceptors (Lipinski definition) is 2. The van der Waals surface area contributed by atoms with Crippen LogP contribution in [0.3, 0.4) is 0 Å². The SMILES string of the molecule is CC(CCCO)NC(=O)NCCCC1CCCCC1. The predicted octanol–water partition coefficient (Wildman–Crippen LogP) is 2.81. The van der Waals surface area contributed by atoms with Crippen molar-refractivity contribution < 1.29 is 9.90 Å². The van der Waals surface area contributed by atoms with Gasteiger partial charge in [0.15, 0.2) is 0 Å². The van der Waals surface area contributed by atoms with E-state index in [1.54, 1.807) is 0 Å². The van der Waals surface area contributed by atoms with Gasteiger partial charge in [-0.1, -0.05) is 32.1 Å². The van der Waals surface area contributed by atoms with Crippen molar-refractivity contribution in [1.82, 2.24) is 10.6 Å². The third kappa shape index (κ3) is 8.09. The van der Waals surface area contributed by atoms with Crippen LogP contribution in [-0.2, 0) is 0 Å². The number of nitrogens with one attached hydrogen (secondary N) is 2. The summed E-state index contributed by atoms with van der Waals surface area (Å²) in [7, 11) is 0. The molecule has 1 fully saturated rings. The molecule has 0 aliphatic heterocycles. The quantitative estimate of drug-likeness (QED) is 0.594. The summed E-state index contributed by atoms with van der Waals surface area (Å²) in [6.45, 7) is 2.93. The molecule has 1 saturated carbocycles. The lowest BCUT2D eigenvalue weighted by Crippen LogP contribution is -2.41. The Balaban J connectivity index is 1.97. The Kier molecular flexibility index (Phi) is 8.63. The van der Waals surface area contributed by atoms with Crippen molar-refractivity contribution in [1.29, 1.82) is 0 Å². The average Bonchev–Trinajstić information content (AvgIpc) is 2.42. The van der Waals surface area contributed by atoms with E-state index in [-0.39, 0.29) is 18.7 Å². The van der Waals surface area contributed by atoms with Crippen LogP contribution in [0.2, 0.25) is 0 Å². The minimum absolute atomic E-state index is 0.0749. The van der Waals surface area contributed by atoms with Gasteiger partial charge in [-0.25, -0.2) is 4.79 Å². The molecule has 0 spiro atoms. The second-order valence-electron chi connectivity index (χ2n) is 5.81. The highest BCUT2D eigenvalue weighted by Crippen LogP contribution is 2.26.